The van der Waals surface area contributed by atoms with Crippen LogP contribution in [0.1, 0.15) is 110 Å². The largest absolute Gasteiger partial charge is 0.348 e. The molecule has 144 valence electrons. The normalized spacial score (nSPS) is 13.8. The molecule has 0 aromatic rings. The van der Waals surface area contributed by atoms with E-state index < -0.39 is 0 Å². The average Bonchev–Trinajstić information content (AvgIpc) is 2.63. The van der Waals surface area contributed by atoms with Crippen LogP contribution in [0.5, 0.6) is 0 Å². The van der Waals surface area contributed by atoms with Crippen molar-refractivity contribution in [1.82, 2.24) is 4.90 Å². The molecule has 0 fully saturated rings. The molecule has 1 aliphatic heterocycles. The smallest absolute Gasteiger partial charge is 0.0333 e. The second-order valence-corrected chi connectivity index (χ2v) is 7.69. The van der Waals surface area contributed by atoms with Crippen molar-refractivity contribution in [2.75, 3.05) is 6.54 Å². The van der Waals surface area contributed by atoms with Gasteiger partial charge in [-0.3, -0.25) is 0 Å². The molecule has 0 amide bonds. The lowest BCUT2D eigenvalue weighted by Gasteiger charge is -2.22. The Morgan fingerprint density at radius 1 is 0.640 bits per heavy atom. The molecule has 1 aliphatic rings. The average molecular weight is 346 g/mol. The van der Waals surface area contributed by atoms with Gasteiger partial charge in [0.05, 0.1) is 0 Å². The standard InChI is InChI=1S/C24H43N/c1-3-4-5-6-7-8-9-10-11-12-13-14-15-16-17-19-22-25-23-20-18-21-24(25)2/h18,20-21,23H,2-17,19,22H2,1H3. The van der Waals surface area contributed by atoms with E-state index in [4.69, 9.17) is 0 Å². The zero-order valence-corrected chi connectivity index (χ0v) is 17.0. The Bertz CT molecular complexity index is 366. The lowest BCUT2D eigenvalue weighted by Crippen LogP contribution is -2.17. The Labute approximate surface area is 158 Å². The third kappa shape index (κ3) is 13.0. The highest BCUT2D eigenvalue weighted by molar-refractivity contribution is 5.25. The molecule has 0 aromatic carbocycles. The summed E-state index contributed by atoms with van der Waals surface area (Å²) in [6.45, 7) is 7.49. The molecule has 1 nitrogen and oxygen atoms in total. The summed E-state index contributed by atoms with van der Waals surface area (Å²) in [6.07, 6.45) is 31.3. The summed E-state index contributed by atoms with van der Waals surface area (Å²) >= 11 is 0. The number of allylic oxidation sites excluding steroid dienone is 3. The molecule has 1 heterocycles. The van der Waals surface area contributed by atoms with Crippen LogP contribution in [-0.2, 0) is 0 Å². The van der Waals surface area contributed by atoms with Crippen molar-refractivity contribution in [3.8, 4) is 0 Å². The van der Waals surface area contributed by atoms with Gasteiger partial charge in [-0.25, -0.2) is 0 Å². The quantitative estimate of drug-likeness (QED) is 0.240. The monoisotopic (exact) mass is 345 g/mol. The van der Waals surface area contributed by atoms with Crippen LogP contribution in [0.15, 0.2) is 36.7 Å². The zero-order valence-electron chi connectivity index (χ0n) is 17.0. The van der Waals surface area contributed by atoms with E-state index in [0.717, 1.165) is 12.2 Å². The fourth-order valence-corrected chi connectivity index (χ4v) is 3.56. The van der Waals surface area contributed by atoms with Crippen molar-refractivity contribution in [2.45, 2.75) is 110 Å². The highest BCUT2D eigenvalue weighted by Crippen LogP contribution is 2.15. The summed E-state index contributed by atoms with van der Waals surface area (Å²) < 4.78 is 0. The number of rotatable bonds is 17. The number of nitrogens with zero attached hydrogens (tertiary/aromatic N) is 1. The first-order chi connectivity index (χ1) is 12.3. The van der Waals surface area contributed by atoms with Gasteiger partial charge in [-0.05, 0) is 18.6 Å². The van der Waals surface area contributed by atoms with Crippen molar-refractivity contribution in [3.05, 3.63) is 36.7 Å². The first-order valence-corrected chi connectivity index (χ1v) is 11.1. The van der Waals surface area contributed by atoms with E-state index in [-0.39, 0.29) is 0 Å². The van der Waals surface area contributed by atoms with E-state index in [9.17, 15) is 0 Å². The summed E-state index contributed by atoms with van der Waals surface area (Å²) in [4.78, 5) is 2.27. The molecule has 0 aromatic heterocycles. The predicted octanol–water partition coefficient (Wildman–Crippen LogP) is 8.15. The zero-order chi connectivity index (χ0) is 18.0. The van der Waals surface area contributed by atoms with Crippen LogP contribution < -0.4 is 0 Å². The van der Waals surface area contributed by atoms with Crippen LogP contribution in [0.2, 0.25) is 0 Å². The van der Waals surface area contributed by atoms with Crippen LogP contribution in [0, 0.1) is 0 Å². The van der Waals surface area contributed by atoms with Gasteiger partial charge in [-0.1, -0.05) is 116 Å². The van der Waals surface area contributed by atoms with Crippen LogP contribution in [0.25, 0.3) is 0 Å². The van der Waals surface area contributed by atoms with E-state index in [1.165, 1.54) is 103 Å². The fraction of sp³-hybridized carbons (Fsp3) is 0.750. The van der Waals surface area contributed by atoms with Gasteiger partial charge in [-0.15, -0.1) is 0 Å². The maximum atomic E-state index is 4.08. The molecule has 0 bridgehead atoms. The van der Waals surface area contributed by atoms with Gasteiger partial charge in [0.2, 0.25) is 0 Å². The van der Waals surface area contributed by atoms with E-state index in [0.29, 0.717) is 0 Å². The number of hydrogen-bond donors (Lipinski definition) is 0. The topological polar surface area (TPSA) is 3.24 Å². The van der Waals surface area contributed by atoms with Crippen molar-refractivity contribution in [3.63, 3.8) is 0 Å². The predicted molar refractivity (Wildman–Crippen MR) is 114 cm³/mol. The minimum absolute atomic E-state index is 1.12. The lowest BCUT2D eigenvalue weighted by atomic mass is 10.0. The van der Waals surface area contributed by atoms with Crippen LogP contribution in [-0.4, -0.2) is 11.4 Å². The van der Waals surface area contributed by atoms with E-state index in [1.54, 1.807) is 0 Å². The molecule has 0 saturated carbocycles. The van der Waals surface area contributed by atoms with Gasteiger partial charge in [0.1, 0.15) is 0 Å². The van der Waals surface area contributed by atoms with E-state index in [1.807, 2.05) is 0 Å². The number of hydrogen-bond acceptors (Lipinski definition) is 1. The highest BCUT2D eigenvalue weighted by atomic mass is 15.1. The fourth-order valence-electron chi connectivity index (χ4n) is 3.56. The van der Waals surface area contributed by atoms with Gasteiger partial charge < -0.3 is 4.90 Å². The lowest BCUT2D eigenvalue weighted by molar-refractivity contribution is 0.443. The molecule has 0 radical (unpaired) electrons. The third-order valence-electron chi connectivity index (χ3n) is 5.29. The van der Waals surface area contributed by atoms with Gasteiger partial charge >= 0.3 is 0 Å². The molecule has 0 saturated heterocycles. The highest BCUT2D eigenvalue weighted by Gasteiger charge is 2.03. The van der Waals surface area contributed by atoms with Crippen molar-refractivity contribution in [1.29, 1.82) is 0 Å². The summed E-state index contributed by atoms with van der Waals surface area (Å²) in [5.74, 6) is 0. The molecule has 0 aliphatic carbocycles. The van der Waals surface area contributed by atoms with Gasteiger partial charge in [0.25, 0.3) is 0 Å². The first kappa shape index (κ1) is 22.1. The second kappa shape index (κ2) is 16.5. The molecule has 1 heteroatoms. The molecule has 0 unspecified atom stereocenters. The summed E-state index contributed by atoms with van der Waals surface area (Å²) in [5.41, 5.74) is 1.13. The number of unbranched alkanes of at least 4 members (excludes halogenated alkanes) is 15. The van der Waals surface area contributed by atoms with Gasteiger partial charge in [0.15, 0.2) is 0 Å². The molecule has 0 spiro atoms. The minimum atomic E-state index is 1.12. The van der Waals surface area contributed by atoms with Crippen LogP contribution in [0.4, 0.5) is 0 Å². The van der Waals surface area contributed by atoms with Crippen LogP contribution in [0.3, 0.4) is 0 Å². The Morgan fingerprint density at radius 2 is 1.08 bits per heavy atom. The Morgan fingerprint density at radius 3 is 1.52 bits per heavy atom. The van der Waals surface area contributed by atoms with E-state index >= 15 is 0 Å². The third-order valence-corrected chi connectivity index (χ3v) is 5.29. The van der Waals surface area contributed by atoms with E-state index in [2.05, 4.69) is 42.8 Å². The molecule has 1 rings (SSSR count). The van der Waals surface area contributed by atoms with Gasteiger partial charge in [0, 0.05) is 18.4 Å². The summed E-state index contributed by atoms with van der Waals surface area (Å²) in [6, 6.07) is 0. The maximum absolute atomic E-state index is 4.08. The second-order valence-electron chi connectivity index (χ2n) is 7.69. The molecule has 0 N–H and O–H groups in total. The first-order valence-electron chi connectivity index (χ1n) is 11.1. The molecule has 0 atom stereocenters. The minimum Gasteiger partial charge on any atom is -0.348 e. The van der Waals surface area contributed by atoms with Crippen molar-refractivity contribution in [2.24, 2.45) is 0 Å². The molecular formula is C24H43N. The molecular weight excluding hydrogens is 302 g/mol. The maximum Gasteiger partial charge on any atom is 0.0333 e. The van der Waals surface area contributed by atoms with Crippen LogP contribution >= 0.6 is 0 Å². The van der Waals surface area contributed by atoms with Crippen molar-refractivity contribution >= 4 is 0 Å². The van der Waals surface area contributed by atoms with Crippen molar-refractivity contribution < 1.29 is 0 Å². The Kier molecular flexibility index (Phi) is 14.5. The Hall–Kier alpha value is -0.980. The van der Waals surface area contributed by atoms with Gasteiger partial charge in [-0.2, -0.15) is 0 Å². The Balaban J connectivity index is 1.73. The summed E-state index contributed by atoms with van der Waals surface area (Å²) in [5, 5.41) is 0. The molecule has 25 heavy (non-hydrogen) atoms. The summed E-state index contributed by atoms with van der Waals surface area (Å²) in [7, 11) is 0. The SMILES string of the molecule is C=C1C=CC=CN1CCCCCCCCCCCCCCCCCC.